The summed E-state index contributed by atoms with van der Waals surface area (Å²) in [6, 6.07) is 5.51. The van der Waals surface area contributed by atoms with E-state index in [0.29, 0.717) is 18.1 Å². The van der Waals surface area contributed by atoms with Gasteiger partial charge in [0, 0.05) is 11.5 Å². The average Bonchev–Trinajstić information content (AvgIpc) is 3.13. The largest absolute Gasteiger partial charge is 0.472 e. The number of ether oxygens (including phenoxy) is 1. The van der Waals surface area contributed by atoms with Crippen molar-refractivity contribution < 1.29 is 13.9 Å². The predicted molar refractivity (Wildman–Crippen MR) is 69.9 cm³/mol. The molecule has 2 heterocycles. The summed E-state index contributed by atoms with van der Waals surface area (Å²) in [5, 5.41) is 0. The van der Waals surface area contributed by atoms with E-state index in [1.165, 1.54) is 0 Å². The molecule has 0 radical (unpaired) electrons. The van der Waals surface area contributed by atoms with Crippen LogP contribution in [-0.4, -0.2) is 17.6 Å². The maximum Gasteiger partial charge on any atom is 0.339 e. The van der Waals surface area contributed by atoms with E-state index in [1.807, 2.05) is 19.1 Å². The maximum atomic E-state index is 11.9. The van der Waals surface area contributed by atoms with E-state index in [0.717, 1.165) is 29.8 Å². The van der Waals surface area contributed by atoms with Gasteiger partial charge in [0.25, 0.3) is 0 Å². The third-order valence-corrected chi connectivity index (χ3v) is 3.20. The van der Waals surface area contributed by atoms with Gasteiger partial charge in [0.2, 0.25) is 0 Å². The summed E-state index contributed by atoms with van der Waals surface area (Å²) in [6.45, 7) is 2.19. The lowest BCUT2D eigenvalue weighted by Gasteiger charge is -2.08. The van der Waals surface area contributed by atoms with Crippen molar-refractivity contribution in [2.24, 2.45) is 0 Å². The van der Waals surface area contributed by atoms with Gasteiger partial charge >= 0.3 is 5.97 Å². The molecule has 98 valence electrons. The number of furan rings is 1. The monoisotopic (exact) mass is 257 g/mol. The van der Waals surface area contributed by atoms with E-state index in [1.54, 1.807) is 18.6 Å². The van der Waals surface area contributed by atoms with Crippen LogP contribution in [0.2, 0.25) is 0 Å². The Balaban J connectivity index is 2.00. The number of esters is 1. The summed E-state index contributed by atoms with van der Waals surface area (Å²) >= 11 is 0. The SMILES string of the molecule is CCOC(=O)c1ccc(-c2ccoc2)nc1C1CC1. The minimum Gasteiger partial charge on any atom is -0.472 e. The molecule has 0 aliphatic heterocycles. The van der Waals surface area contributed by atoms with Gasteiger partial charge in [-0.2, -0.15) is 0 Å². The smallest absolute Gasteiger partial charge is 0.339 e. The number of nitrogens with zero attached hydrogens (tertiary/aromatic N) is 1. The van der Waals surface area contributed by atoms with Crippen LogP contribution in [0, 0.1) is 0 Å². The zero-order chi connectivity index (χ0) is 13.2. The predicted octanol–water partition coefficient (Wildman–Crippen LogP) is 3.40. The third-order valence-electron chi connectivity index (χ3n) is 3.20. The van der Waals surface area contributed by atoms with Gasteiger partial charge in [-0.05, 0) is 38.0 Å². The second-order valence-electron chi connectivity index (χ2n) is 4.64. The Bertz CT molecular complexity index is 585. The number of aromatic nitrogens is 1. The molecule has 0 amide bonds. The minimum absolute atomic E-state index is 0.282. The van der Waals surface area contributed by atoms with Crippen molar-refractivity contribution in [2.45, 2.75) is 25.7 Å². The number of pyridine rings is 1. The first-order valence-corrected chi connectivity index (χ1v) is 6.50. The number of carbonyl (C=O) groups excluding carboxylic acids is 1. The van der Waals surface area contributed by atoms with Crippen LogP contribution in [0.25, 0.3) is 11.3 Å². The van der Waals surface area contributed by atoms with Crippen molar-refractivity contribution in [1.29, 1.82) is 0 Å². The summed E-state index contributed by atoms with van der Waals surface area (Å²) < 4.78 is 10.1. The van der Waals surface area contributed by atoms with Crippen molar-refractivity contribution in [3.63, 3.8) is 0 Å². The molecule has 0 bridgehead atoms. The molecule has 0 aromatic carbocycles. The molecule has 2 aromatic heterocycles. The summed E-state index contributed by atoms with van der Waals surface area (Å²) in [7, 11) is 0. The Labute approximate surface area is 111 Å². The Morgan fingerprint density at radius 2 is 2.26 bits per heavy atom. The highest BCUT2D eigenvalue weighted by Crippen LogP contribution is 2.41. The highest BCUT2D eigenvalue weighted by atomic mass is 16.5. The molecule has 1 saturated carbocycles. The molecule has 4 nitrogen and oxygen atoms in total. The molecule has 0 N–H and O–H groups in total. The molecule has 19 heavy (non-hydrogen) atoms. The Hall–Kier alpha value is -2.10. The lowest BCUT2D eigenvalue weighted by molar-refractivity contribution is 0.0524. The molecule has 1 aliphatic carbocycles. The molecule has 0 spiro atoms. The maximum absolute atomic E-state index is 11.9. The highest BCUT2D eigenvalue weighted by molar-refractivity contribution is 5.91. The highest BCUT2D eigenvalue weighted by Gasteiger charge is 2.30. The topological polar surface area (TPSA) is 52.3 Å². The lowest BCUT2D eigenvalue weighted by atomic mass is 10.1. The molecule has 1 fully saturated rings. The van der Waals surface area contributed by atoms with Crippen molar-refractivity contribution >= 4 is 5.97 Å². The van der Waals surface area contributed by atoms with Crippen LogP contribution >= 0.6 is 0 Å². The molecule has 0 unspecified atom stereocenters. The number of carbonyl (C=O) groups is 1. The zero-order valence-electron chi connectivity index (χ0n) is 10.8. The van der Waals surface area contributed by atoms with Gasteiger partial charge in [0.1, 0.15) is 0 Å². The summed E-state index contributed by atoms with van der Waals surface area (Å²) in [5.41, 5.74) is 3.22. The van der Waals surface area contributed by atoms with Gasteiger partial charge in [-0.3, -0.25) is 4.98 Å². The molecule has 3 rings (SSSR count). The van der Waals surface area contributed by atoms with Crippen LogP contribution < -0.4 is 0 Å². The fraction of sp³-hybridized carbons (Fsp3) is 0.333. The first kappa shape index (κ1) is 12.0. The molecule has 2 aromatic rings. The molecule has 4 heteroatoms. The molecular weight excluding hydrogens is 242 g/mol. The average molecular weight is 257 g/mol. The van der Waals surface area contributed by atoms with E-state index in [9.17, 15) is 4.79 Å². The molecule has 0 saturated heterocycles. The van der Waals surface area contributed by atoms with Crippen molar-refractivity contribution in [3.8, 4) is 11.3 Å². The second-order valence-corrected chi connectivity index (χ2v) is 4.64. The van der Waals surface area contributed by atoms with Gasteiger partial charge < -0.3 is 9.15 Å². The van der Waals surface area contributed by atoms with Crippen LogP contribution in [0.4, 0.5) is 0 Å². The number of rotatable bonds is 4. The molecule has 0 atom stereocenters. The molecular formula is C15H15NO3. The third kappa shape index (κ3) is 2.38. The minimum atomic E-state index is -0.282. The second kappa shape index (κ2) is 4.88. The van der Waals surface area contributed by atoms with Gasteiger partial charge in [-0.25, -0.2) is 4.79 Å². The Morgan fingerprint density at radius 3 is 2.89 bits per heavy atom. The van der Waals surface area contributed by atoms with Crippen molar-refractivity contribution in [3.05, 3.63) is 42.0 Å². The van der Waals surface area contributed by atoms with Gasteiger partial charge in [0.15, 0.2) is 0 Å². The van der Waals surface area contributed by atoms with E-state index in [2.05, 4.69) is 4.98 Å². The fourth-order valence-corrected chi connectivity index (χ4v) is 2.10. The van der Waals surface area contributed by atoms with Gasteiger partial charge in [-0.1, -0.05) is 0 Å². The fourth-order valence-electron chi connectivity index (χ4n) is 2.10. The van der Waals surface area contributed by atoms with Crippen molar-refractivity contribution in [1.82, 2.24) is 4.98 Å². The molecule has 1 aliphatic rings. The summed E-state index contributed by atoms with van der Waals surface area (Å²) in [5.74, 6) is 0.113. The van der Waals surface area contributed by atoms with Gasteiger partial charge in [-0.15, -0.1) is 0 Å². The van der Waals surface area contributed by atoms with E-state index < -0.39 is 0 Å². The standard InChI is InChI=1S/C15H15NO3/c1-2-19-15(17)12-5-6-13(11-7-8-18-9-11)16-14(12)10-3-4-10/h5-10H,2-4H2,1H3. The Kier molecular flexibility index (Phi) is 3.07. The van der Waals surface area contributed by atoms with Crippen LogP contribution in [-0.2, 0) is 4.74 Å². The summed E-state index contributed by atoms with van der Waals surface area (Å²) in [4.78, 5) is 16.5. The first-order valence-electron chi connectivity index (χ1n) is 6.50. The van der Waals surface area contributed by atoms with E-state index in [4.69, 9.17) is 9.15 Å². The van der Waals surface area contributed by atoms with Crippen LogP contribution in [0.5, 0.6) is 0 Å². The van der Waals surface area contributed by atoms with Gasteiger partial charge in [0.05, 0.1) is 36.1 Å². The number of hydrogen-bond acceptors (Lipinski definition) is 4. The lowest BCUT2D eigenvalue weighted by Crippen LogP contribution is -2.09. The van der Waals surface area contributed by atoms with Crippen LogP contribution in [0.1, 0.15) is 41.7 Å². The zero-order valence-corrected chi connectivity index (χ0v) is 10.8. The first-order chi connectivity index (χ1) is 9.29. The quantitative estimate of drug-likeness (QED) is 0.788. The van der Waals surface area contributed by atoms with E-state index in [-0.39, 0.29) is 5.97 Å². The normalized spacial score (nSPS) is 14.4. The Morgan fingerprint density at radius 1 is 1.42 bits per heavy atom. The van der Waals surface area contributed by atoms with Crippen LogP contribution in [0.15, 0.2) is 35.1 Å². The van der Waals surface area contributed by atoms with Crippen molar-refractivity contribution in [2.75, 3.05) is 6.61 Å². The number of hydrogen-bond donors (Lipinski definition) is 0. The van der Waals surface area contributed by atoms with E-state index >= 15 is 0 Å². The van der Waals surface area contributed by atoms with Crippen LogP contribution in [0.3, 0.4) is 0 Å². The summed E-state index contributed by atoms with van der Waals surface area (Å²) in [6.07, 6.45) is 5.46.